The molecule has 0 aliphatic rings. The molecule has 2 aromatic carbocycles. The largest absolute Gasteiger partial charge is 0.389 e. The van der Waals surface area contributed by atoms with Crippen LogP contribution in [0.2, 0.25) is 0 Å². The molecular weight excluding hydrogens is 361 g/mol. The standard InChI is InChI=1S/C14H13BrFNO3S/c1-9(18)10-3-2-4-12(7-10)21(19,20)17-14-6-5-11(15)8-13(14)16/h2-9,17-18H,1H3. The molecule has 1 atom stereocenters. The number of halogens is 2. The minimum absolute atomic E-state index is 0.0387. The van der Waals surface area contributed by atoms with E-state index < -0.39 is 21.9 Å². The molecule has 0 saturated carbocycles. The summed E-state index contributed by atoms with van der Waals surface area (Å²) in [5.41, 5.74) is 0.329. The first kappa shape index (κ1) is 15.9. The maximum Gasteiger partial charge on any atom is 0.261 e. The molecule has 0 aromatic heterocycles. The maximum atomic E-state index is 13.7. The molecule has 21 heavy (non-hydrogen) atoms. The van der Waals surface area contributed by atoms with Crippen molar-refractivity contribution in [3.63, 3.8) is 0 Å². The number of benzene rings is 2. The molecule has 7 heteroatoms. The van der Waals surface area contributed by atoms with Crippen LogP contribution in [-0.4, -0.2) is 13.5 Å². The molecule has 0 aliphatic carbocycles. The lowest BCUT2D eigenvalue weighted by Gasteiger charge is -2.11. The van der Waals surface area contributed by atoms with Gasteiger partial charge in [-0.25, -0.2) is 12.8 Å². The Hall–Kier alpha value is -1.44. The Kier molecular flexibility index (Phi) is 4.65. The van der Waals surface area contributed by atoms with Gasteiger partial charge in [0.1, 0.15) is 5.82 Å². The molecule has 0 heterocycles. The highest BCUT2D eigenvalue weighted by Gasteiger charge is 2.17. The SMILES string of the molecule is CC(O)c1cccc(S(=O)(=O)Nc2ccc(Br)cc2F)c1. The second-order valence-electron chi connectivity index (χ2n) is 4.48. The van der Waals surface area contributed by atoms with Crippen LogP contribution in [0.15, 0.2) is 51.8 Å². The van der Waals surface area contributed by atoms with Gasteiger partial charge >= 0.3 is 0 Å². The Balaban J connectivity index is 2.36. The summed E-state index contributed by atoms with van der Waals surface area (Å²) in [5, 5.41) is 9.50. The average Bonchev–Trinajstić information content (AvgIpc) is 2.42. The van der Waals surface area contributed by atoms with Crippen LogP contribution < -0.4 is 4.72 Å². The second kappa shape index (κ2) is 6.13. The van der Waals surface area contributed by atoms with Crippen LogP contribution >= 0.6 is 15.9 Å². The number of anilines is 1. The van der Waals surface area contributed by atoms with Gasteiger partial charge in [0.2, 0.25) is 0 Å². The summed E-state index contributed by atoms with van der Waals surface area (Å²) in [5.74, 6) is -0.681. The summed E-state index contributed by atoms with van der Waals surface area (Å²) >= 11 is 3.10. The van der Waals surface area contributed by atoms with Gasteiger partial charge < -0.3 is 5.11 Å². The minimum atomic E-state index is -3.92. The fourth-order valence-electron chi connectivity index (χ4n) is 1.72. The fourth-order valence-corrected chi connectivity index (χ4v) is 3.17. The zero-order chi connectivity index (χ0) is 15.6. The Morgan fingerprint density at radius 3 is 2.57 bits per heavy atom. The van der Waals surface area contributed by atoms with E-state index in [4.69, 9.17) is 0 Å². The Morgan fingerprint density at radius 2 is 1.95 bits per heavy atom. The molecule has 112 valence electrons. The lowest BCUT2D eigenvalue weighted by molar-refractivity contribution is 0.199. The van der Waals surface area contributed by atoms with Gasteiger partial charge in [-0.05, 0) is 42.8 Å². The van der Waals surface area contributed by atoms with E-state index in [1.165, 1.54) is 43.3 Å². The molecular formula is C14H13BrFNO3S. The summed E-state index contributed by atoms with van der Waals surface area (Å²) in [4.78, 5) is -0.0387. The number of sulfonamides is 1. The van der Waals surface area contributed by atoms with Crippen LogP contribution in [0, 0.1) is 5.82 Å². The van der Waals surface area contributed by atoms with Gasteiger partial charge in [-0.2, -0.15) is 0 Å². The highest BCUT2D eigenvalue weighted by Crippen LogP contribution is 2.23. The van der Waals surface area contributed by atoms with Crippen LogP contribution in [0.3, 0.4) is 0 Å². The molecule has 2 aromatic rings. The Bertz CT molecular complexity index is 763. The van der Waals surface area contributed by atoms with Crippen molar-refractivity contribution in [3.05, 3.63) is 58.3 Å². The molecule has 4 nitrogen and oxygen atoms in total. The lowest BCUT2D eigenvalue weighted by Crippen LogP contribution is -2.14. The monoisotopic (exact) mass is 373 g/mol. The quantitative estimate of drug-likeness (QED) is 0.862. The first-order valence-electron chi connectivity index (χ1n) is 6.05. The number of aliphatic hydroxyl groups is 1. The van der Waals surface area contributed by atoms with E-state index in [2.05, 4.69) is 20.7 Å². The Morgan fingerprint density at radius 1 is 1.24 bits per heavy atom. The smallest absolute Gasteiger partial charge is 0.261 e. The summed E-state index contributed by atoms with van der Waals surface area (Å²) in [6.07, 6.45) is -0.787. The van der Waals surface area contributed by atoms with Crippen molar-refractivity contribution in [3.8, 4) is 0 Å². The normalized spacial score (nSPS) is 13.0. The molecule has 0 bridgehead atoms. The van der Waals surface area contributed by atoms with E-state index in [1.54, 1.807) is 6.07 Å². The number of rotatable bonds is 4. The zero-order valence-electron chi connectivity index (χ0n) is 11.0. The van der Waals surface area contributed by atoms with E-state index in [-0.39, 0.29) is 10.6 Å². The number of aliphatic hydroxyl groups excluding tert-OH is 1. The number of hydrogen-bond acceptors (Lipinski definition) is 3. The minimum Gasteiger partial charge on any atom is -0.389 e. The highest BCUT2D eigenvalue weighted by molar-refractivity contribution is 9.10. The van der Waals surface area contributed by atoms with Crippen molar-refractivity contribution < 1.29 is 17.9 Å². The van der Waals surface area contributed by atoms with Crippen LogP contribution in [0.4, 0.5) is 10.1 Å². The summed E-state index contributed by atoms with van der Waals surface area (Å²) < 4.78 is 40.9. The van der Waals surface area contributed by atoms with Gasteiger partial charge in [0.25, 0.3) is 10.0 Å². The van der Waals surface area contributed by atoms with Gasteiger partial charge in [-0.15, -0.1) is 0 Å². The van der Waals surface area contributed by atoms with Crippen molar-refractivity contribution in [1.29, 1.82) is 0 Å². The second-order valence-corrected chi connectivity index (χ2v) is 7.08. The molecule has 0 spiro atoms. The molecule has 1 unspecified atom stereocenters. The summed E-state index contributed by atoms with van der Waals surface area (Å²) in [7, 11) is -3.92. The van der Waals surface area contributed by atoms with Crippen molar-refractivity contribution >= 4 is 31.6 Å². The predicted octanol–water partition coefficient (Wildman–Crippen LogP) is 3.44. The molecule has 0 fully saturated rings. The topological polar surface area (TPSA) is 66.4 Å². The van der Waals surface area contributed by atoms with Crippen molar-refractivity contribution in [1.82, 2.24) is 0 Å². The van der Waals surface area contributed by atoms with E-state index in [0.717, 1.165) is 0 Å². The lowest BCUT2D eigenvalue weighted by atomic mass is 10.1. The highest BCUT2D eigenvalue weighted by atomic mass is 79.9. The third-order valence-electron chi connectivity index (χ3n) is 2.83. The van der Waals surface area contributed by atoms with Crippen molar-refractivity contribution in [2.75, 3.05) is 4.72 Å². The molecule has 0 saturated heterocycles. The Labute approximate surface area is 130 Å². The number of nitrogens with one attached hydrogen (secondary N) is 1. The first-order chi connectivity index (χ1) is 9.79. The van der Waals surface area contributed by atoms with E-state index in [1.807, 2.05) is 0 Å². The van der Waals surface area contributed by atoms with Crippen LogP contribution in [0.1, 0.15) is 18.6 Å². The predicted molar refractivity (Wildman–Crippen MR) is 82.0 cm³/mol. The first-order valence-corrected chi connectivity index (χ1v) is 8.33. The van der Waals surface area contributed by atoms with Gasteiger partial charge in [-0.1, -0.05) is 28.1 Å². The van der Waals surface area contributed by atoms with Gasteiger partial charge in [0.15, 0.2) is 0 Å². The van der Waals surface area contributed by atoms with Gasteiger partial charge in [0, 0.05) is 4.47 Å². The van der Waals surface area contributed by atoms with E-state index in [0.29, 0.717) is 10.0 Å². The molecule has 0 amide bonds. The van der Waals surface area contributed by atoms with Crippen LogP contribution in [0.25, 0.3) is 0 Å². The average molecular weight is 374 g/mol. The van der Waals surface area contributed by atoms with Gasteiger partial charge in [0.05, 0.1) is 16.7 Å². The van der Waals surface area contributed by atoms with Crippen LogP contribution in [0.5, 0.6) is 0 Å². The van der Waals surface area contributed by atoms with Crippen LogP contribution in [-0.2, 0) is 10.0 Å². The van der Waals surface area contributed by atoms with E-state index >= 15 is 0 Å². The molecule has 2 N–H and O–H groups in total. The third kappa shape index (κ3) is 3.81. The summed E-state index contributed by atoms with van der Waals surface area (Å²) in [6, 6.07) is 9.90. The molecule has 0 radical (unpaired) electrons. The molecule has 0 aliphatic heterocycles. The number of hydrogen-bond donors (Lipinski definition) is 2. The van der Waals surface area contributed by atoms with E-state index in [9.17, 15) is 17.9 Å². The molecule has 2 rings (SSSR count). The third-order valence-corrected chi connectivity index (χ3v) is 4.68. The maximum absolute atomic E-state index is 13.7. The van der Waals surface area contributed by atoms with Crippen molar-refractivity contribution in [2.24, 2.45) is 0 Å². The fraction of sp³-hybridized carbons (Fsp3) is 0.143. The van der Waals surface area contributed by atoms with Crippen molar-refractivity contribution in [2.45, 2.75) is 17.9 Å². The van der Waals surface area contributed by atoms with Gasteiger partial charge in [-0.3, -0.25) is 4.72 Å². The zero-order valence-corrected chi connectivity index (χ0v) is 13.4. The summed E-state index contributed by atoms with van der Waals surface area (Å²) in [6.45, 7) is 1.54.